The molecule has 2 atom stereocenters. The minimum Gasteiger partial charge on any atom is -0.307 e. The van der Waals surface area contributed by atoms with Crippen LogP contribution in [0.1, 0.15) is 64.5 Å². The van der Waals surface area contributed by atoms with Crippen LogP contribution >= 0.6 is 0 Å². The van der Waals surface area contributed by atoms with Crippen molar-refractivity contribution in [2.75, 3.05) is 0 Å². The van der Waals surface area contributed by atoms with Crippen LogP contribution in [0, 0.1) is 11.2 Å². The van der Waals surface area contributed by atoms with E-state index in [9.17, 15) is 4.39 Å². The van der Waals surface area contributed by atoms with E-state index in [4.69, 9.17) is 0 Å². The third-order valence-corrected chi connectivity index (χ3v) is 4.33. The molecule has 1 saturated carbocycles. The van der Waals surface area contributed by atoms with Gasteiger partial charge in [-0.25, -0.2) is 4.39 Å². The molecule has 1 aromatic rings. The number of nitrogens with one attached hydrogen (secondary N) is 1. The molecule has 0 aliphatic heterocycles. The van der Waals surface area contributed by atoms with E-state index in [1.54, 1.807) is 12.1 Å². The van der Waals surface area contributed by atoms with E-state index in [0.717, 1.165) is 12.0 Å². The molecular formula is C17H26FN. The molecule has 106 valence electrons. The SMILES string of the molecule is CCC(NC1CCCC(C)(C)C1)c1ccccc1F. The Balaban J connectivity index is 2.05. The molecule has 2 rings (SSSR count). The standard InChI is InChI=1S/C17H26FN/c1-4-16(14-9-5-6-10-15(14)18)19-13-8-7-11-17(2,3)12-13/h5-6,9-10,13,16,19H,4,7-8,11-12H2,1-3H3. The Morgan fingerprint density at radius 2 is 2.11 bits per heavy atom. The first kappa shape index (κ1) is 14.5. The zero-order valence-corrected chi connectivity index (χ0v) is 12.4. The monoisotopic (exact) mass is 263 g/mol. The average Bonchev–Trinajstić information content (AvgIpc) is 2.36. The molecule has 0 bridgehead atoms. The van der Waals surface area contributed by atoms with Gasteiger partial charge in [-0.3, -0.25) is 0 Å². The first-order chi connectivity index (χ1) is 9.02. The molecule has 19 heavy (non-hydrogen) atoms. The maximum Gasteiger partial charge on any atom is 0.127 e. The number of halogens is 1. The van der Waals surface area contributed by atoms with E-state index in [1.807, 2.05) is 12.1 Å². The van der Waals surface area contributed by atoms with Crippen LogP contribution in [0.3, 0.4) is 0 Å². The Hall–Kier alpha value is -0.890. The second kappa shape index (κ2) is 6.04. The van der Waals surface area contributed by atoms with Crippen LogP contribution in [0.15, 0.2) is 24.3 Å². The fourth-order valence-corrected chi connectivity index (χ4v) is 3.31. The van der Waals surface area contributed by atoms with Crippen LogP contribution < -0.4 is 5.32 Å². The normalized spacial score (nSPS) is 24.1. The molecule has 0 amide bonds. The lowest BCUT2D eigenvalue weighted by Crippen LogP contribution is -2.39. The third-order valence-electron chi connectivity index (χ3n) is 4.33. The Labute approximate surface area is 116 Å². The third kappa shape index (κ3) is 3.79. The van der Waals surface area contributed by atoms with Crippen LogP contribution in [0.4, 0.5) is 4.39 Å². The van der Waals surface area contributed by atoms with E-state index in [0.29, 0.717) is 11.5 Å². The fraction of sp³-hybridized carbons (Fsp3) is 0.647. The summed E-state index contributed by atoms with van der Waals surface area (Å²) < 4.78 is 13.9. The van der Waals surface area contributed by atoms with Gasteiger partial charge in [0.1, 0.15) is 5.82 Å². The van der Waals surface area contributed by atoms with Crippen molar-refractivity contribution < 1.29 is 4.39 Å². The second-order valence-electron chi connectivity index (χ2n) is 6.61. The van der Waals surface area contributed by atoms with E-state index in [1.165, 1.54) is 25.7 Å². The van der Waals surface area contributed by atoms with Gasteiger partial charge in [-0.1, -0.05) is 45.4 Å². The number of benzene rings is 1. The van der Waals surface area contributed by atoms with Crippen molar-refractivity contribution in [3.8, 4) is 0 Å². The predicted molar refractivity (Wildman–Crippen MR) is 78.6 cm³/mol. The highest BCUT2D eigenvalue weighted by molar-refractivity contribution is 5.21. The van der Waals surface area contributed by atoms with Crippen molar-refractivity contribution in [1.29, 1.82) is 0 Å². The maximum atomic E-state index is 13.9. The van der Waals surface area contributed by atoms with Gasteiger partial charge in [0.2, 0.25) is 0 Å². The maximum absolute atomic E-state index is 13.9. The highest BCUT2D eigenvalue weighted by Gasteiger charge is 2.29. The van der Waals surface area contributed by atoms with E-state index in [2.05, 4.69) is 26.1 Å². The molecule has 1 N–H and O–H groups in total. The number of hydrogen-bond donors (Lipinski definition) is 1. The second-order valence-corrected chi connectivity index (χ2v) is 6.61. The van der Waals surface area contributed by atoms with Crippen molar-refractivity contribution in [3.05, 3.63) is 35.6 Å². The Morgan fingerprint density at radius 3 is 2.74 bits per heavy atom. The molecule has 2 heteroatoms. The Bertz CT molecular complexity index is 413. The molecule has 0 heterocycles. The van der Waals surface area contributed by atoms with Crippen molar-refractivity contribution in [2.45, 2.75) is 65.0 Å². The van der Waals surface area contributed by atoms with Gasteiger partial charge in [0.25, 0.3) is 0 Å². The quantitative estimate of drug-likeness (QED) is 0.820. The molecule has 1 nitrogen and oxygen atoms in total. The summed E-state index contributed by atoms with van der Waals surface area (Å²) in [7, 11) is 0. The number of hydrogen-bond acceptors (Lipinski definition) is 1. The van der Waals surface area contributed by atoms with Crippen molar-refractivity contribution in [3.63, 3.8) is 0 Å². The van der Waals surface area contributed by atoms with Gasteiger partial charge < -0.3 is 5.32 Å². The van der Waals surface area contributed by atoms with Gasteiger partial charge in [-0.15, -0.1) is 0 Å². The molecule has 1 aliphatic carbocycles. The smallest absolute Gasteiger partial charge is 0.127 e. The Morgan fingerprint density at radius 1 is 1.37 bits per heavy atom. The zero-order valence-electron chi connectivity index (χ0n) is 12.4. The van der Waals surface area contributed by atoms with Gasteiger partial charge in [0, 0.05) is 17.6 Å². The number of rotatable bonds is 4. The fourth-order valence-electron chi connectivity index (χ4n) is 3.31. The van der Waals surface area contributed by atoms with Crippen molar-refractivity contribution >= 4 is 0 Å². The summed E-state index contributed by atoms with van der Waals surface area (Å²) in [5.74, 6) is -0.0862. The van der Waals surface area contributed by atoms with Crippen molar-refractivity contribution in [1.82, 2.24) is 5.32 Å². The average molecular weight is 263 g/mol. The van der Waals surface area contributed by atoms with Crippen LogP contribution in [-0.2, 0) is 0 Å². The Kier molecular flexibility index (Phi) is 4.62. The molecule has 1 aliphatic rings. The zero-order chi connectivity index (χ0) is 13.9. The summed E-state index contributed by atoms with van der Waals surface area (Å²) in [6.45, 7) is 6.80. The van der Waals surface area contributed by atoms with Crippen LogP contribution in [0.2, 0.25) is 0 Å². The van der Waals surface area contributed by atoms with Crippen LogP contribution in [-0.4, -0.2) is 6.04 Å². The van der Waals surface area contributed by atoms with Gasteiger partial charge in [-0.05, 0) is 37.2 Å². The lowest BCUT2D eigenvalue weighted by molar-refractivity contribution is 0.187. The van der Waals surface area contributed by atoms with Crippen LogP contribution in [0.5, 0.6) is 0 Å². The molecular weight excluding hydrogens is 237 g/mol. The minimum absolute atomic E-state index is 0.0862. The van der Waals surface area contributed by atoms with Crippen molar-refractivity contribution in [2.24, 2.45) is 5.41 Å². The van der Waals surface area contributed by atoms with Gasteiger partial charge in [0.15, 0.2) is 0 Å². The lowest BCUT2D eigenvalue weighted by Gasteiger charge is -2.37. The first-order valence-electron chi connectivity index (χ1n) is 7.52. The summed E-state index contributed by atoms with van der Waals surface area (Å²) in [6, 6.07) is 7.81. The highest BCUT2D eigenvalue weighted by atomic mass is 19.1. The van der Waals surface area contributed by atoms with E-state index in [-0.39, 0.29) is 11.9 Å². The molecule has 0 saturated heterocycles. The topological polar surface area (TPSA) is 12.0 Å². The predicted octanol–water partition coefficient (Wildman–Crippen LogP) is 4.84. The molecule has 1 aromatic carbocycles. The molecule has 1 fully saturated rings. The summed E-state index contributed by atoms with van der Waals surface area (Å²) >= 11 is 0. The van der Waals surface area contributed by atoms with Gasteiger partial charge >= 0.3 is 0 Å². The van der Waals surface area contributed by atoms with E-state index < -0.39 is 0 Å². The summed E-state index contributed by atoms with van der Waals surface area (Å²) in [5.41, 5.74) is 1.23. The first-order valence-corrected chi connectivity index (χ1v) is 7.52. The highest BCUT2D eigenvalue weighted by Crippen LogP contribution is 2.36. The summed E-state index contributed by atoms with van der Waals surface area (Å²) in [5, 5.41) is 3.68. The summed E-state index contributed by atoms with van der Waals surface area (Å²) in [4.78, 5) is 0. The summed E-state index contributed by atoms with van der Waals surface area (Å²) in [6.07, 6.45) is 5.92. The van der Waals surface area contributed by atoms with Gasteiger partial charge in [0.05, 0.1) is 0 Å². The lowest BCUT2D eigenvalue weighted by atomic mass is 9.75. The molecule has 2 unspecified atom stereocenters. The molecule has 0 spiro atoms. The molecule has 0 radical (unpaired) electrons. The largest absolute Gasteiger partial charge is 0.307 e. The van der Waals surface area contributed by atoms with E-state index >= 15 is 0 Å². The van der Waals surface area contributed by atoms with Gasteiger partial charge in [-0.2, -0.15) is 0 Å². The molecule has 0 aromatic heterocycles. The van der Waals surface area contributed by atoms with Crippen LogP contribution in [0.25, 0.3) is 0 Å². The minimum atomic E-state index is -0.0862.